The Hall–Kier alpha value is -2.87. The van der Waals surface area contributed by atoms with Crippen molar-refractivity contribution in [3.63, 3.8) is 0 Å². The van der Waals surface area contributed by atoms with Crippen LogP contribution < -0.4 is 5.56 Å². The van der Waals surface area contributed by atoms with E-state index < -0.39 is 11.9 Å². The van der Waals surface area contributed by atoms with Crippen LogP contribution in [0.4, 0.5) is 13.2 Å². The molecule has 0 saturated carbocycles. The standard InChI is InChI=1S/C22H20F3N3O2/c23-22(24,25)20-4-3-18(30-20)13-27-10-14-6-17(12-27)19-7-16(8-21(29)28(19)11-14)15-2-1-5-26-9-15/h1-5,7-9,14,17H,6,10-13H2/t14-,17+/m0/s1. The van der Waals surface area contributed by atoms with Crippen LogP contribution in [0.5, 0.6) is 0 Å². The Bertz CT molecular complexity index is 1120. The molecule has 1 fully saturated rings. The molecule has 0 radical (unpaired) electrons. The van der Waals surface area contributed by atoms with Gasteiger partial charge in [0.1, 0.15) is 5.76 Å². The smallest absolute Gasteiger partial charge is 0.449 e. The number of aromatic nitrogens is 2. The molecule has 0 unspecified atom stereocenters. The molecule has 8 heteroatoms. The van der Waals surface area contributed by atoms with Crippen molar-refractivity contribution < 1.29 is 17.6 Å². The molecule has 156 valence electrons. The normalized spacial score (nSPS) is 21.4. The molecule has 2 aliphatic heterocycles. The van der Waals surface area contributed by atoms with Crippen molar-refractivity contribution in [3.8, 4) is 11.1 Å². The van der Waals surface area contributed by atoms with Crippen molar-refractivity contribution in [1.82, 2.24) is 14.5 Å². The van der Waals surface area contributed by atoms with Gasteiger partial charge in [-0.2, -0.15) is 13.2 Å². The highest BCUT2D eigenvalue weighted by atomic mass is 19.4. The second-order valence-corrected chi connectivity index (χ2v) is 8.12. The van der Waals surface area contributed by atoms with Gasteiger partial charge in [0.25, 0.3) is 5.56 Å². The van der Waals surface area contributed by atoms with Gasteiger partial charge in [-0.1, -0.05) is 6.07 Å². The van der Waals surface area contributed by atoms with Crippen LogP contribution in [0.25, 0.3) is 11.1 Å². The first kappa shape index (κ1) is 19.1. The minimum absolute atomic E-state index is 0.0182. The number of furan rings is 1. The second-order valence-electron chi connectivity index (χ2n) is 8.12. The van der Waals surface area contributed by atoms with Gasteiger partial charge in [0.2, 0.25) is 5.76 Å². The van der Waals surface area contributed by atoms with Gasteiger partial charge in [0.15, 0.2) is 0 Å². The maximum atomic E-state index is 12.8. The molecule has 5 nitrogen and oxygen atoms in total. The average Bonchev–Trinajstić information content (AvgIpc) is 3.18. The lowest BCUT2D eigenvalue weighted by atomic mass is 9.82. The lowest BCUT2D eigenvalue weighted by Crippen LogP contribution is -2.46. The second kappa shape index (κ2) is 7.12. The number of piperidine rings is 1. The summed E-state index contributed by atoms with van der Waals surface area (Å²) >= 11 is 0. The Morgan fingerprint density at radius 1 is 1.10 bits per heavy atom. The van der Waals surface area contributed by atoms with E-state index >= 15 is 0 Å². The highest BCUT2D eigenvalue weighted by molar-refractivity contribution is 5.62. The number of hydrogen-bond donors (Lipinski definition) is 0. The van der Waals surface area contributed by atoms with E-state index in [1.165, 1.54) is 6.07 Å². The van der Waals surface area contributed by atoms with E-state index in [-0.39, 0.29) is 17.4 Å². The Balaban J connectivity index is 1.40. The molecule has 2 aliphatic rings. The fourth-order valence-corrected chi connectivity index (χ4v) is 4.72. The topological polar surface area (TPSA) is 51.3 Å². The van der Waals surface area contributed by atoms with Gasteiger partial charge in [-0.05, 0) is 42.2 Å². The summed E-state index contributed by atoms with van der Waals surface area (Å²) in [6.45, 7) is 2.36. The third-order valence-corrected chi connectivity index (χ3v) is 5.95. The molecule has 1 saturated heterocycles. The molecule has 5 heterocycles. The molecule has 3 aromatic rings. The van der Waals surface area contributed by atoms with Gasteiger partial charge in [0.05, 0.1) is 6.54 Å². The van der Waals surface area contributed by atoms with E-state index in [0.717, 1.165) is 35.9 Å². The first-order valence-electron chi connectivity index (χ1n) is 9.90. The molecular weight excluding hydrogens is 395 g/mol. The highest BCUT2D eigenvalue weighted by Gasteiger charge is 2.37. The van der Waals surface area contributed by atoms with E-state index in [1.807, 2.05) is 16.7 Å². The van der Waals surface area contributed by atoms with E-state index in [1.54, 1.807) is 18.5 Å². The molecule has 2 atom stereocenters. The number of hydrogen-bond acceptors (Lipinski definition) is 4. The summed E-state index contributed by atoms with van der Waals surface area (Å²) in [6.07, 6.45) is -0.0746. The van der Waals surface area contributed by atoms with Crippen molar-refractivity contribution in [1.29, 1.82) is 0 Å². The third-order valence-electron chi connectivity index (χ3n) is 5.95. The van der Waals surface area contributed by atoms with Crippen molar-refractivity contribution >= 4 is 0 Å². The first-order valence-corrected chi connectivity index (χ1v) is 9.90. The van der Waals surface area contributed by atoms with E-state index in [4.69, 9.17) is 4.42 Å². The predicted molar refractivity (Wildman–Crippen MR) is 104 cm³/mol. The lowest BCUT2D eigenvalue weighted by molar-refractivity contribution is -0.153. The average molecular weight is 415 g/mol. The fraction of sp³-hybridized carbons (Fsp3) is 0.364. The molecule has 30 heavy (non-hydrogen) atoms. The van der Waals surface area contributed by atoms with Crippen LogP contribution >= 0.6 is 0 Å². The van der Waals surface area contributed by atoms with Crippen molar-refractivity contribution in [2.75, 3.05) is 13.1 Å². The molecule has 0 spiro atoms. The summed E-state index contributed by atoms with van der Waals surface area (Å²) in [5.41, 5.74) is 2.70. The zero-order valence-electron chi connectivity index (χ0n) is 16.1. The zero-order chi connectivity index (χ0) is 20.9. The Morgan fingerprint density at radius 3 is 2.70 bits per heavy atom. The molecule has 0 aliphatic carbocycles. The van der Waals surface area contributed by atoms with Crippen LogP contribution in [0, 0.1) is 5.92 Å². The van der Waals surface area contributed by atoms with E-state index in [0.29, 0.717) is 25.4 Å². The fourth-order valence-electron chi connectivity index (χ4n) is 4.72. The van der Waals surface area contributed by atoms with Gasteiger partial charge in [0, 0.05) is 55.3 Å². The number of likely N-dealkylation sites (tertiary alicyclic amines) is 1. The number of pyridine rings is 2. The number of nitrogens with zero attached hydrogens (tertiary/aromatic N) is 3. The largest absolute Gasteiger partial charge is 0.455 e. The Kier molecular flexibility index (Phi) is 4.54. The van der Waals surface area contributed by atoms with Gasteiger partial charge in [-0.25, -0.2) is 0 Å². The first-order chi connectivity index (χ1) is 14.4. The summed E-state index contributed by atoms with van der Waals surface area (Å²) in [7, 11) is 0. The van der Waals surface area contributed by atoms with Crippen LogP contribution in [0.3, 0.4) is 0 Å². The molecule has 0 aromatic carbocycles. The summed E-state index contributed by atoms with van der Waals surface area (Å²) in [5.74, 6) is -0.217. The minimum atomic E-state index is -4.47. The quantitative estimate of drug-likeness (QED) is 0.645. The van der Waals surface area contributed by atoms with Crippen LogP contribution in [-0.2, 0) is 19.3 Å². The number of alkyl halides is 3. The number of halogens is 3. The van der Waals surface area contributed by atoms with Gasteiger partial charge >= 0.3 is 6.18 Å². The molecule has 2 bridgehead atoms. The van der Waals surface area contributed by atoms with Gasteiger partial charge < -0.3 is 8.98 Å². The van der Waals surface area contributed by atoms with Gasteiger partial charge in [-0.15, -0.1) is 0 Å². The highest BCUT2D eigenvalue weighted by Crippen LogP contribution is 2.37. The maximum Gasteiger partial charge on any atom is 0.449 e. The Morgan fingerprint density at radius 2 is 1.97 bits per heavy atom. The maximum absolute atomic E-state index is 12.8. The molecule has 0 N–H and O–H groups in total. The summed E-state index contributed by atoms with van der Waals surface area (Å²) < 4.78 is 45.3. The van der Waals surface area contributed by atoms with E-state index in [9.17, 15) is 18.0 Å². The van der Waals surface area contributed by atoms with Crippen molar-refractivity contribution in [2.45, 2.75) is 31.6 Å². The van der Waals surface area contributed by atoms with Crippen molar-refractivity contribution in [2.24, 2.45) is 5.92 Å². The summed E-state index contributed by atoms with van der Waals surface area (Å²) in [5, 5.41) is 0. The van der Waals surface area contributed by atoms with Gasteiger partial charge in [-0.3, -0.25) is 14.7 Å². The van der Waals surface area contributed by atoms with Crippen LogP contribution in [-0.4, -0.2) is 27.5 Å². The van der Waals surface area contributed by atoms with E-state index in [2.05, 4.69) is 16.0 Å². The number of fused-ring (bicyclic) bond motifs is 4. The molecule has 0 amide bonds. The lowest BCUT2D eigenvalue weighted by Gasteiger charge is -2.42. The zero-order valence-corrected chi connectivity index (χ0v) is 16.1. The predicted octanol–water partition coefficient (Wildman–Crippen LogP) is 4.14. The van der Waals surface area contributed by atoms with Crippen molar-refractivity contribution in [3.05, 3.63) is 76.4 Å². The molecule has 3 aromatic heterocycles. The summed E-state index contributed by atoms with van der Waals surface area (Å²) in [6, 6.07) is 9.84. The third kappa shape index (κ3) is 3.56. The minimum Gasteiger partial charge on any atom is -0.455 e. The van der Waals surface area contributed by atoms with Crippen LogP contribution in [0.15, 0.2) is 58.0 Å². The SMILES string of the molecule is O=c1cc(-c2cccnc2)cc2n1C[C@H]1C[C@@H]2CN(Cc2ccc(C(F)(F)F)o2)C1. The molecule has 5 rings (SSSR count). The van der Waals surface area contributed by atoms with Crippen LogP contribution in [0.1, 0.15) is 29.6 Å². The van der Waals surface area contributed by atoms with Crippen LogP contribution in [0.2, 0.25) is 0 Å². The monoisotopic (exact) mass is 415 g/mol. The number of rotatable bonds is 3. The Labute approximate surface area is 170 Å². The molecular formula is C22H20F3N3O2. The summed E-state index contributed by atoms with van der Waals surface area (Å²) in [4.78, 5) is 19.0.